The van der Waals surface area contributed by atoms with Gasteiger partial charge in [0.15, 0.2) is 5.78 Å². The molecule has 1 fully saturated rings. The topological polar surface area (TPSA) is 91.5 Å². The molecule has 2 atom stereocenters. The Morgan fingerprint density at radius 1 is 1.32 bits per heavy atom. The van der Waals surface area contributed by atoms with E-state index in [2.05, 4.69) is 15.2 Å². The fraction of sp³-hybridized carbons (Fsp3) is 0.611. The lowest BCUT2D eigenvalue weighted by atomic mass is 9.99. The molecule has 1 amide bonds. The van der Waals surface area contributed by atoms with Gasteiger partial charge in [0.05, 0.1) is 24.4 Å². The van der Waals surface area contributed by atoms with Crippen LogP contribution in [0.3, 0.4) is 0 Å². The van der Waals surface area contributed by atoms with Crippen molar-refractivity contribution in [1.82, 2.24) is 15.2 Å². The monoisotopic (exact) mass is 349 g/mol. The van der Waals surface area contributed by atoms with Crippen LogP contribution in [0, 0.1) is 13.8 Å². The van der Waals surface area contributed by atoms with E-state index in [1.807, 2.05) is 6.92 Å². The van der Waals surface area contributed by atoms with Crippen molar-refractivity contribution >= 4 is 17.7 Å². The first kappa shape index (κ1) is 19.2. The number of hydrogen-bond acceptors (Lipinski definition) is 5. The smallest absolute Gasteiger partial charge is 0.339 e. The first-order valence-electron chi connectivity index (χ1n) is 8.59. The van der Waals surface area contributed by atoms with Gasteiger partial charge in [-0.3, -0.25) is 14.5 Å². The maximum atomic E-state index is 13.0. The van der Waals surface area contributed by atoms with E-state index in [1.165, 1.54) is 14.0 Å². The number of amides is 1. The molecule has 138 valence electrons. The third-order valence-electron chi connectivity index (χ3n) is 4.86. The molecule has 0 aromatic carbocycles. The summed E-state index contributed by atoms with van der Waals surface area (Å²) in [4.78, 5) is 41.3. The molecule has 0 saturated carbocycles. The summed E-state index contributed by atoms with van der Waals surface area (Å²) < 4.78 is 4.80. The molecule has 25 heavy (non-hydrogen) atoms. The molecule has 0 spiro atoms. The van der Waals surface area contributed by atoms with Crippen LogP contribution in [-0.2, 0) is 9.53 Å². The van der Waals surface area contributed by atoms with Crippen molar-refractivity contribution in [2.75, 3.05) is 20.2 Å². The van der Waals surface area contributed by atoms with E-state index in [4.69, 9.17) is 4.74 Å². The zero-order valence-electron chi connectivity index (χ0n) is 15.6. The minimum atomic E-state index is -0.443. The summed E-state index contributed by atoms with van der Waals surface area (Å²) in [6, 6.07) is -0.266. The van der Waals surface area contributed by atoms with Gasteiger partial charge in [0.2, 0.25) is 5.91 Å². The van der Waals surface area contributed by atoms with Gasteiger partial charge >= 0.3 is 5.97 Å². The summed E-state index contributed by atoms with van der Waals surface area (Å²) in [5.74, 6) is -0.551. The number of likely N-dealkylation sites (tertiary alicyclic amines) is 1. The van der Waals surface area contributed by atoms with Crippen LogP contribution in [-0.4, -0.2) is 59.8 Å². The van der Waals surface area contributed by atoms with E-state index in [0.29, 0.717) is 29.1 Å². The number of rotatable bonds is 5. The summed E-state index contributed by atoms with van der Waals surface area (Å²) in [6.45, 7) is 8.35. The molecular weight excluding hydrogens is 322 g/mol. The number of H-pyrrole nitrogens is 1. The number of nitrogens with one attached hydrogen (secondary N) is 2. The second kappa shape index (κ2) is 7.82. The number of methoxy groups -OCH3 is 1. The number of Topliss-reactive ketones (excluding diaryl/α,β-unsaturated/α-hetero) is 1. The Morgan fingerprint density at radius 3 is 2.60 bits per heavy atom. The molecule has 1 aliphatic heterocycles. The molecule has 1 saturated heterocycles. The van der Waals surface area contributed by atoms with Gasteiger partial charge < -0.3 is 15.0 Å². The zero-order valence-corrected chi connectivity index (χ0v) is 15.6. The SMILES string of the molecule is COC(=O)c1c(C)[nH]c(C(=O)C(C)N2CCCC(NC(C)=O)C2)c1C. The molecule has 2 heterocycles. The van der Waals surface area contributed by atoms with E-state index in [9.17, 15) is 14.4 Å². The van der Waals surface area contributed by atoms with Crippen LogP contribution >= 0.6 is 0 Å². The van der Waals surface area contributed by atoms with Crippen LogP contribution in [0.15, 0.2) is 0 Å². The van der Waals surface area contributed by atoms with Crippen LogP contribution in [0.25, 0.3) is 0 Å². The molecule has 2 unspecified atom stereocenters. The van der Waals surface area contributed by atoms with Gasteiger partial charge in [-0.2, -0.15) is 0 Å². The molecular formula is C18H27N3O4. The Balaban J connectivity index is 2.17. The van der Waals surface area contributed by atoms with Crippen LogP contribution in [0.2, 0.25) is 0 Å². The highest BCUT2D eigenvalue weighted by atomic mass is 16.5. The number of aromatic nitrogens is 1. The second-order valence-corrected chi connectivity index (χ2v) is 6.69. The highest BCUT2D eigenvalue weighted by molar-refractivity contribution is 6.03. The lowest BCUT2D eigenvalue weighted by molar-refractivity contribution is -0.120. The summed E-state index contributed by atoms with van der Waals surface area (Å²) in [5, 5.41) is 2.93. The number of aryl methyl sites for hydroxylation is 1. The van der Waals surface area contributed by atoms with Crippen molar-refractivity contribution in [3.8, 4) is 0 Å². The number of carbonyl (C=O) groups excluding carboxylic acids is 3. The minimum absolute atomic E-state index is 0.0515. The van der Waals surface area contributed by atoms with Crippen molar-refractivity contribution in [2.24, 2.45) is 0 Å². The number of piperidine rings is 1. The van der Waals surface area contributed by atoms with Crippen molar-refractivity contribution < 1.29 is 19.1 Å². The summed E-state index contributed by atoms with van der Waals surface area (Å²) in [6.07, 6.45) is 1.85. The Morgan fingerprint density at radius 2 is 2.00 bits per heavy atom. The number of esters is 1. The number of ether oxygens (including phenoxy) is 1. The normalized spacial score (nSPS) is 19.3. The first-order valence-corrected chi connectivity index (χ1v) is 8.59. The molecule has 1 aromatic rings. The van der Waals surface area contributed by atoms with E-state index in [0.717, 1.165) is 19.4 Å². The van der Waals surface area contributed by atoms with E-state index >= 15 is 0 Å². The number of hydrogen-bond donors (Lipinski definition) is 2. The summed E-state index contributed by atoms with van der Waals surface area (Å²) in [5.41, 5.74) is 2.13. The average molecular weight is 349 g/mol. The number of nitrogens with zero attached hydrogens (tertiary/aromatic N) is 1. The molecule has 0 aliphatic carbocycles. The van der Waals surface area contributed by atoms with Gasteiger partial charge in [-0.05, 0) is 45.7 Å². The van der Waals surface area contributed by atoms with Crippen molar-refractivity contribution in [3.05, 3.63) is 22.5 Å². The highest BCUT2D eigenvalue weighted by Crippen LogP contribution is 2.22. The Labute approximate surface area is 148 Å². The fourth-order valence-corrected chi connectivity index (χ4v) is 3.54. The van der Waals surface area contributed by atoms with Crippen LogP contribution in [0.1, 0.15) is 58.8 Å². The Kier molecular flexibility index (Phi) is 6.00. The van der Waals surface area contributed by atoms with E-state index in [1.54, 1.807) is 13.8 Å². The number of carbonyl (C=O) groups is 3. The number of ketones is 1. The average Bonchev–Trinajstić information content (AvgIpc) is 2.87. The van der Waals surface area contributed by atoms with Gasteiger partial charge in [0.25, 0.3) is 0 Å². The Hall–Kier alpha value is -2.15. The van der Waals surface area contributed by atoms with Crippen molar-refractivity contribution in [3.63, 3.8) is 0 Å². The molecule has 2 rings (SSSR count). The molecule has 1 aliphatic rings. The van der Waals surface area contributed by atoms with Crippen molar-refractivity contribution in [2.45, 2.75) is 52.6 Å². The van der Waals surface area contributed by atoms with Crippen LogP contribution in [0.4, 0.5) is 0 Å². The number of aromatic amines is 1. The third-order valence-corrected chi connectivity index (χ3v) is 4.86. The molecule has 0 bridgehead atoms. The second-order valence-electron chi connectivity index (χ2n) is 6.69. The molecule has 1 aromatic heterocycles. The van der Waals surface area contributed by atoms with E-state index in [-0.39, 0.29) is 23.8 Å². The molecule has 7 nitrogen and oxygen atoms in total. The maximum Gasteiger partial charge on any atom is 0.339 e. The maximum absolute atomic E-state index is 13.0. The molecule has 7 heteroatoms. The predicted molar refractivity (Wildman–Crippen MR) is 93.8 cm³/mol. The van der Waals surface area contributed by atoms with Gasteiger partial charge in [-0.15, -0.1) is 0 Å². The fourth-order valence-electron chi connectivity index (χ4n) is 3.54. The zero-order chi connectivity index (χ0) is 18.7. The van der Waals surface area contributed by atoms with Crippen LogP contribution < -0.4 is 5.32 Å². The largest absolute Gasteiger partial charge is 0.465 e. The van der Waals surface area contributed by atoms with Crippen LogP contribution in [0.5, 0.6) is 0 Å². The predicted octanol–water partition coefficient (Wildman–Crippen LogP) is 1.59. The first-order chi connectivity index (χ1) is 11.8. The van der Waals surface area contributed by atoms with Gasteiger partial charge in [-0.25, -0.2) is 4.79 Å². The minimum Gasteiger partial charge on any atom is -0.465 e. The van der Waals surface area contributed by atoms with Gasteiger partial charge in [-0.1, -0.05) is 0 Å². The quantitative estimate of drug-likeness (QED) is 0.622. The lowest BCUT2D eigenvalue weighted by Crippen LogP contribution is -2.51. The van der Waals surface area contributed by atoms with Gasteiger partial charge in [0.1, 0.15) is 0 Å². The summed E-state index contributed by atoms with van der Waals surface area (Å²) >= 11 is 0. The Bertz CT molecular complexity index is 680. The van der Waals surface area contributed by atoms with E-state index < -0.39 is 5.97 Å². The summed E-state index contributed by atoms with van der Waals surface area (Å²) in [7, 11) is 1.33. The molecule has 0 radical (unpaired) electrons. The standard InChI is InChI=1S/C18H27N3O4/c1-10-15(18(24)25-5)11(2)19-16(10)17(23)12(3)21-8-6-7-14(9-21)20-13(4)22/h12,14,19H,6-9H2,1-5H3,(H,20,22). The van der Waals surface area contributed by atoms with Gasteiger partial charge in [0, 0.05) is 25.2 Å². The lowest BCUT2D eigenvalue weighted by Gasteiger charge is -2.36. The van der Waals surface area contributed by atoms with Crippen molar-refractivity contribution in [1.29, 1.82) is 0 Å². The third kappa shape index (κ3) is 4.10. The molecule has 2 N–H and O–H groups in total. The highest BCUT2D eigenvalue weighted by Gasteiger charge is 2.31.